The van der Waals surface area contributed by atoms with E-state index in [4.69, 9.17) is 4.98 Å². The summed E-state index contributed by atoms with van der Waals surface area (Å²) in [6.45, 7) is 2.08. The van der Waals surface area contributed by atoms with Gasteiger partial charge in [-0.2, -0.15) is 0 Å². The van der Waals surface area contributed by atoms with Crippen LogP contribution in [0.2, 0.25) is 0 Å². The lowest BCUT2D eigenvalue weighted by Gasteiger charge is -1.99. The molecular weight excluding hydrogens is 334 g/mol. The standard InChI is InChI=1S/C16H12BrNOS/c1-10-15(12-3-2-4-13(17)9-12)18-16(20-10)11-5-7-14(19)8-6-11/h2-9,19H,1H3. The Labute approximate surface area is 129 Å². The highest BCUT2D eigenvalue weighted by Crippen LogP contribution is 2.34. The van der Waals surface area contributed by atoms with Gasteiger partial charge in [-0.25, -0.2) is 4.98 Å². The number of thiazole rings is 1. The van der Waals surface area contributed by atoms with Crippen LogP contribution in [0.1, 0.15) is 4.88 Å². The summed E-state index contributed by atoms with van der Waals surface area (Å²) in [6, 6.07) is 15.3. The van der Waals surface area contributed by atoms with Crippen molar-refractivity contribution in [3.63, 3.8) is 0 Å². The molecule has 0 aliphatic carbocycles. The molecule has 2 nitrogen and oxygen atoms in total. The number of rotatable bonds is 2. The Morgan fingerprint density at radius 2 is 1.80 bits per heavy atom. The van der Waals surface area contributed by atoms with Crippen molar-refractivity contribution in [2.24, 2.45) is 0 Å². The van der Waals surface area contributed by atoms with Crippen molar-refractivity contribution in [2.75, 3.05) is 0 Å². The first-order valence-corrected chi connectivity index (χ1v) is 7.77. The lowest BCUT2D eigenvalue weighted by Crippen LogP contribution is -1.81. The van der Waals surface area contributed by atoms with Crippen molar-refractivity contribution < 1.29 is 5.11 Å². The van der Waals surface area contributed by atoms with Crippen LogP contribution in [-0.2, 0) is 0 Å². The fourth-order valence-electron chi connectivity index (χ4n) is 2.03. The van der Waals surface area contributed by atoms with E-state index in [1.54, 1.807) is 23.5 Å². The highest BCUT2D eigenvalue weighted by molar-refractivity contribution is 9.10. The number of phenolic OH excluding ortho intramolecular Hbond substituents is 1. The summed E-state index contributed by atoms with van der Waals surface area (Å²) in [5, 5.41) is 10.3. The number of aryl methyl sites for hydroxylation is 1. The van der Waals surface area contributed by atoms with E-state index in [2.05, 4.69) is 35.0 Å². The molecule has 0 fully saturated rings. The molecule has 0 unspecified atom stereocenters. The number of hydrogen-bond donors (Lipinski definition) is 1. The van der Waals surface area contributed by atoms with Gasteiger partial charge >= 0.3 is 0 Å². The third kappa shape index (κ3) is 2.62. The van der Waals surface area contributed by atoms with E-state index < -0.39 is 0 Å². The van der Waals surface area contributed by atoms with Gasteiger partial charge in [-0.1, -0.05) is 28.1 Å². The summed E-state index contributed by atoms with van der Waals surface area (Å²) < 4.78 is 1.05. The molecule has 0 amide bonds. The molecular formula is C16H12BrNOS. The Hall–Kier alpha value is -1.65. The zero-order chi connectivity index (χ0) is 14.1. The molecule has 0 aliphatic heterocycles. The molecule has 100 valence electrons. The largest absolute Gasteiger partial charge is 0.508 e. The van der Waals surface area contributed by atoms with E-state index in [1.807, 2.05) is 24.3 Å². The number of aromatic hydroxyl groups is 1. The lowest BCUT2D eigenvalue weighted by molar-refractivity contribution is 0.475. The maximum atomic E-state index is 9.35. The first-order valence-electron chi connectivity index (χ1n) is 6.16. The van der Waals surface area contributed by atoms with Crippen LogP contribution in [0.5, 0.6) is 5.75 Å². The second-order valence-corrected chi connectivity index (χ2v) is 6.60. The first kappa shape index (κ1) is 13.3. The van der Waals surface area contributed by atoms with Crippen LogP contribution in [0.15, 0.2) is 53.0 Å². The zero-order valence-corrected chi connectivity index (χ0v) is 13.2. The number of hydrogen-bond acceptors (Lipinski definition) is 3. The summed E-state index contributed by atoms with van der Waals surface area (Å²) in [4.78, 5) is 5.92. The van der Waals surface area contributed by atoms with Gasteiger partial charge in [0, 0.05) is 20.5 Å². The highest BCUT2D eigenvalue weighted by atomic mass is 79.9. The van der Waals surface area contributed by atoms with Gasteiger partial charge in [0.2, 0.25) is 0 Å². The number of aromatic nitrogens is 1. The average Bonchev–Trinajstić information content (AvgIpc) is 2.82. The van der Waals surface area contributed by atoms with Crippen molar-refractivity contribution >= 4 is 27.3 Å². The number of nitrogens with zero attached hydrogens (tertiary/aromatic N) is 1. The molecule has 20 heavy (non-hydrogen) atoms. The van der Waals surface area contributed by atoms with Crippen LogP contribution in [0, 0.1) is 6.92 Å². The SMILES string of the molecule is Cc1sc(-c2ccc(O)cc2)nc1-c1cccc(Br)c1. The van der Waals surface area contributed by atoms with Crippen LogP contribution >= 0.6 is 27.3 Å². The molecule has 0 atom stereocenters. The quantitative estimate of drug-likeness (QED) is 0.687. The molecule has 0 saturated carbocycles. The minimum Gasteiger partial charge on any atom is -0.508 e. The maximum Gasteiger partial charge on any atom is 0.124 e. The van der Waals surface area contributed by atoms with Crippen LogP contribution in [0.3, 0.4) is 0 Å². The van der Waals surface area contributed by atoms with Gasteiger partial charge in [-0.3, -0.25) is 0 Å². The second kappa shape index (κ2) is 5.38. The highest BCUT2D eigenvalue weighted by Gasteiger charge is 2.11. The predicted molar refractivity (Wildman–Crippen MR) is 87.1 cm³/mol. The van der Waals surface area contributed by atoms with Gasteiger partial charge in [0.1, 0.15) is 10.8 Å². The van der Waals surface area contributed by atoms with Gasteiger partial charge in [0.15, 0.2) is 0 Å². The Kier molecular flexibility index (Phi) is 3.59. The molecule has 0 radical (unpaired) electrons. The number of benzene rings is 2. The Morgan fingerprint density at radius 1 is 1.05 bits per heavy atom. The topological polar surface area (TPSA) is 33.1 Å². The molecule has 0 bridgehead atoms. The minimum atomic E-state index is 0.272. The summed E-state index contributed by atoms with van der Waals surface area (Å²) in [7, 11) is 0. The van der Waals surface area contributed by atoms with Crippen LogP contribution in [-0.4, -0.2) is 10.1 Å². The van der Waals surface area contributed by atoms with Gasteiger partial charge < -0.3 is 5.11 Å². The molecule has 4 heteroatoms. The van der Waals surface area contributed by atoms with E-state index in [-0.39, 0.29) is 5.75 Å². The number of halogens is 1. The van der Waals surface area contributed by atoms with Crippen molar-refractivity contribution in [2.45, 2.75) is 6.92 Å². The van der Waals surface area contributed by atoms with Gasteiger partial charge in [0.25, 0.3) is 0 Å². The fourth-order valence-corrected chi connectivity index (χ4v) is 3.37. The summed E-state index contributed by atoms with van der Waals surface area (Å²) in [5.41, 5.74) is 3.15. The van der Waals surface area contributed by atoms with E-state index >= 15 is 0 Å². The van der Waals surface area contributed by atoms with Crippen LogP contribution in [0.25, 0.3) is 21.8 Å². The monoisotopic (exact) mass is 345 g/mol. The van der Waals surface area contributed by atoms with Crippen molar-refractivity contribution in [3.8, 4) is 27.6 Å². The zero-order valence-electron chi connectivity index (χ0n) is 10.8. The smallest absolute Gasteiger partial charge is 0.124 e. The molecule has 1 N–H and O–H groups in total. The molecule has 0 saturated heterocycles. The molecule has 0 aliphatic rings. The molecule has 1 aromatic heterocycles. The van der Waals surface area contributed by atoms with E-state index in [0.29, 0.717) is 0 Å². The Morgan fingerprint density at radius 3 is 2.50 bits per heavy atom. The summed E-state index contributed by atoms with van der Waals surface area (Å²) in [6.07, 6.45) is 0. The molecule has 2 aromatic carbocycles. The van der Waals surface area contributed by atoms with Gasteiger partial charge in [0.05, 0.1) is 5.69 Å². The van der Waals surface area contributed by atoms with Crippen molar-refractivity contribution in [3.05, 3.63) is 57.9 Å². The lowest BCUT2D eigenvalue weighted by atomic mass is 10.1. The molecule has 1 heterocycles. The normalized spacial score (nSPS) is 10.7. The first-order chi connectivity index (χ1) is 9.63. The van der Waals surface area contributed by atoms with E-state index in [0.717, 1.165) is 26.3 Å². The molecule has 3 aromatic rings. The van der Waals surface area contributed by atoms with Gasteiger partial charge in [-0.15, -0.1) is 11.3 Å². The maximum absolute atomic E-state index is 9.35. The number of phenols is 1. The average molecular weight is 346 g/mol. The summed E-state index contributed by atoms with van der Waals surface area (Å²) in [5.74, 6) is 0.272. The Balaban J connectivity index is 2.05. The molecule has 0 spiro atoms. The fraction of sp³-hybridized carbons (Fsp3) is 0.0625. The minimum absolute atomic E-state index is 0.272. The summed E-state index contributed by atoms with van der Waals surface area (Å²) >= 11 is 5.16. The second-order valence-electron chi connectivity index (χ2n) is 4.48. The van der Waals surface area contributed by atoms with Gasteiger partial charge in [-0.05, 0) is 43.3 Å². The van der Waals surface area contributed by atoms with Crippen LogP contribution in [0.4, 0.5) is 0 Å². The van der Waals surface area contributed by atoms with Crippen molar-refractivity contribution in [1.82, 2.24) is 4.98 Å². The third-order valence-corrected chi connectivity index (χ3v) is 4.52. The van der Waals surface area contributed by atoms with E-state index in [9.17, 15) is 5.11 Å². The molecule has 3 rings (SSSR count). The Bertz CT molecular complexity index is 749. The predicted octanol–water partition coefficient (Wildman–Crippen LogP) is 5.25. The third-order valence-electron chi connectivity index (χ3n) is 3.01. The van der Waals surface area contributed by atoms with E-state index in [1.165, 1.54) is 4.88 Å². The van der Waals surface area contributed by atoms with Crippen LogP contribution < -0.4 is 0 Å². The van der Waals surface area contributed by atoms with Crippen molar-refractivity contribution in [1.29, 1.82) is 0 Å².